The highest BCUT2D eigenvalue weighted by atomic mass is 32.2. The van der Waals surface area contributed by atoms with Gasteiger partial charge in [0, 0.05) is 5.56 Å². The molecule has 1 aliphatic rings. The van der Waals surface area contributed by atoms with E-state index < -0.39 is 0 Å². The van der Waals surface area contributed by atoms with Gasteiger partial charge in [0.1, 0.15) is 0 Å². The number of phenols is 1. The number of aliphatic imine (C=N–C) groups is 1. The number of carbonyl (C=O) groups is 1. The van der Waals surface area contributed by atoms with Crippen LogP contribution in [0, 0.1) is 13.8 Å². The van der Waals surface area contributed by atoms with E-state index in [4.69, 9.17) is 9.73 Å². The second kappa shape index (κ2) is 9.32. The summed E-state index contributed by atoms with van der Waals surface area (Å²) >= 11 is 1.29. The molecule has 1 fully saturated rings. The fraction of sp³-hybridized carbons (Fsp3) is 0.154. The van der Waals surface area contributed by atoms with E-state index in [1.807, 2.05) is 69.3 Å². The highest BCUT2D eigenvalue weighted by Gasteiger charge is 2.35. The first-order chi connectivity index (χ1) is 15.5. The number of hydrogen-bond acceptors (Lipinski definition) is 5. The lowest BCUT2D eigenvalue weighted by Crippen LogP contribution is -2.28. The molecule has 1 aliphatic heterocycles. The normalized spacial score (nSPS) is 16.2. The van der Waals surface area contributed by atoms with Crippen molar-refractivity contribution >= 4 is 40.3 Å². The highest BCUT2D eigenvalue weighted by molar-refractivity contribution is 8.19. The Balaban J connectivity index is 1.79. The van der Waals surface area contributed by atoms with Gasteiger partial charge in [0.25, 0.3) is 5.91 Å². The van der Waals surface area contributed by atoms with Crippen molar-refractivity contribution in [2.75, 3.05) is 11.5 Å². The van der Waals surface area contributed by atoms with E-state index in [0.717, 1.165) is 22.5 Å². The summed E-state index contributed by atoms with van der Waals surface area (Å²) in [5, 5.41) is 11.2. The predicted molar refractivity (Wildman–Crippen MR) is 132 cm³/mol. The molecule has 0 atom stereocenters. The summed E-state index contributed by atoms with van der Waals surface area (Å²) in [6.45, 7) is 6.29. The third-order valence-electron chi connectivity index (χ3n) is 4.91. The summed E-state index contributed by atoms with van der Waals surface area (Å²) in [6.07, 6.45) is 1.69. The molecule has 3 aromatic carbocycles. The molecule has 0 bridgehead atoms. The molecule has 162 valence electrons. The van der Waals surface area contributed by atoms with Crippen molar-refractivity contribution in [1.29, 1.82) is 0 Å². The van der Waals surface area contributed by atoms with Crippen molar-refractivity contribution in [3.63, 3.8) is 0 Å². The average Bonchev–Trinajstić information content (AvgIpc) is 3.05. The van der Waals surface area contributed by atoms with Crippen LogP contribution in [0.3, 0.4) is 0 Å². The van der Waals surface area contributed by atoms with Gasteiger partial charge in [-0.15, -0.1) is 0 Å². The fourth-order valence-electron chi connectivity index (χ4n) is 3.42. The van der Waals surface area contributed by atoms with Crippen molar-refractivity contribution < 1.29 is 14.6 Å². The van der Waals surface area contributed by atoms with E-state index in [1.54, 1.807) is 29.2 Å². The van der Waals surface area contributed by atoms with Gasteiger partial charge in [-0.05, 0) is 80.1 Å². The lowest BCUT2D eigenvalue weighted by molar-refractivity contribution is -0.113. The number of ether oxygens (including phenoxy) is 1. The predicted octanol–water partition coefficient (Wildman–Crippen LogP) is 6.22. The molecular formula is C26H24N2O3S. The van der Waals surface area contributed by atoms with Crippen LogP contribution in [0.25, 0.3) is 6.08 Å². The Morgan fingerprint density at radius 2 is 1.75 bits per heavy atom. The number of benzene rings is 3. The Kier molecular flexibility index (Phi) is 6.32. The number of para-hydroxylation sites is 1. The standard InChI is InChI=1S/C26H24N2O3S/c1-4-31-22-13-7-10-19(24(22)29)16-23-25(30)28(21-12-6-9-18(3)15-21)26(32-23)27-20-11-5-8-17(2)14-20/h5-16,29H,4H2,1-3H3. The largest absolute Gasteiger partial charge is 0.504 e. The summed E-state index contributed by atoms with van der Waals surface area (Å²) in [4.78, 5) is 20.3. The molecule has 1 N–H and O–H groups in total. The Bertz CT molecular complexity index is 1230. The second-order valence-electron chi connectivity index (χ2n) is 7.45. The van der Waals surface area contributed by atoms with Gasteiger partial charge in [0.2, 0.25) is 0 Å². The minimum atomic E-state index is -0.187. The average molecular weight is 445 g/mol. The molecule has 6 heteroatoms. The summed E-state index contributed by atoms with van der Waals surface area (Å²) in [5.41, 5.74) is 4.20. The third-order valence-corrected chi connectivity index (χ3v) is 5.88. The van der Waals surface area contributed by atoms with E-state index in [1.165, 1.54) is 11.8 Å². The van der Waals surface area contributed by atoms with Crippen molar-refractivity contribution in [2.24, 2.45) is 4.99 Å². The molecule has 0 aliphatic carbocycles. The number of hydrogen-bond donors (Lipinski definition) is 1. The van der Waals surface area contributed by atoms with Crippen LogP contribution in [-0.2, 0) is 4.79 Å². The van der Waals surface area contributed by atoms with E-state index >= 15 is 0 Å². The van der Waals surface area contributed by atoms with Gasteiger partial charge in [-0.2, -0.15) is 0 Å². The number of amides is 1. The lowest BCUT2D eigenvalue weighted by Gasteiger charge is -2.16. The van der Waals surface area contributed by atoms with Gasteiger partial charge in [-0.3, -0.25) is 9.69 Å². The lowest BCUT2D eigenvalue weighted by atomic mass is 10.1. The maximum atomic E-state index is 13.5. The monoisotopic (exact) mass is 444 g/mol. The molecule has 32 heavy (non-hydrogen) atoms. The van der Waals surface area contributed by atoms with Crippen molar-refractivity contribution in [3.8, 4) is 11.5 Å². The summed E-state index contributed by atoms with van der Waals surface area (Å²) in [7, 11) is 0. The first-order valence-electron chi connectivity index (χ1n) is 10.4. The summed E-state index contributed by atoms with van der Waals surface area (Å²) in [5.74, 6) is 0.219. The van der Waals surface area contributed by atoms with Gasteiger partial charge in [-0.25, -0.2) is 4.99 Å². The molecular weight excluding hydrogens is 420 g/mol. The van der Waals surface area contributed by atoms with Crippen LogP contribution in [0.5, 0.6) is 11.5 Å². The van der Waals surface area contributed by atoms with Gasteiger partial charge < -0.3 is 9.84 Å². The van der Waals surface area contributed by atoms with Gasteiger partial charge in [0.05, 0.1) is 22.9 Å². The molecule has 3 aromatic rings. The number of amidine groups is 1. The maximum absolute atomic E-state index is 13.5. The van der Waals surface area contributed by atoms with Crippen molar-refractivity contribution in [1.82, 2.24) is 0 Å². The molecule has 0 spiro atoms. The van der Waals surface area contributed by atoms with Crippen LogP contribution in [-0.4, -0.2) is 22.8 Å². The first kappa shape index (κ1) is 21.7. The molecule has 5 nitrogen and oxygen atoms in total. The molecule has 0 unspecified atom stereocenters. The van der Waals surface area contributed by atoms with Gasteiger partial charge in [0.15, 0.2) is 16.7 Å². The second-order valence-corrected chi connectivity index (χ2v) is 8.46. The Morgan fingerprint density at radius 3 is 2.47 bits per heavy atom. The number of anilines is 1. The number of carbonyl (C=O) groups excluding carboxylic acids is 1. The number of aryl methyl sites for hydroxylation is 2. The maximum Gasteiger partial charge on any atom is 0.271 e. The van der Waals surface area contributed by atoms with E-state index in [0.29, 0.717) is 28.0 Å². The number of thioether (sulfide) groups is 1. The molecule has 0 aromatic heterocycles. The SMILES string of the molecule is CCOc1cccc(C=C2SC(=Nc3cccc(C)c3)N(c3cccc(C)c3)C2=O)c1O. The van der Waals surface area contributed by atoms with Crippen LogP contribution in [0.15, 0.2) is 76.6 Å². The Hall–Kier alpha value is -3.51. The minimum Gasteiger partial charge on any atom is -0.504 e. The Labute approximate surface area is 192 Å². The third kappa shape index (κ3) is 4.55. The van der Waals surface area contributed by atoms with E-state index in [2.05, 4.69) is 0 Å². The quantitative estimate of drug-likeness (QED) is 0.475. The van der Waals surface area contributed by atoms with Crippen LogP contribution in [0.4, 0.5) is 11.4 Å². The zero-order valence-electron chi connectivity index (χ0n) is 18.2. The molecule has 1 heterocycles. The topological polar surface area (TPSA) is 62.1 Å². The number of rotatable bonds is 5. The summed E-state index contributed by atoms with van der Waals surface area (Å²) < 4.78 is 5.48. The molecule has 1 amide bonds. The van der Waals surface area contributed by atoms with Crippen LogP contribution in [0.1, 0.15) is 23.6 Å². The number of nitrogens with zero attached hydrogens (tertiary/aromatic N) is 2. The van der Waals surface area contributed by atoms with Gasteiger partial charge >= 0.3 is 0 Å². The number of phenolic OH excluding ortho intramolecular Hbond substituents is 1. The smallest absolute Gasteiger partial charge is 0.271 e. The zero-order valence-corrected chi connectivity index (χ0v) is 19.0. The fourth-order valence-corrected chi connectivity index (χ4v) is 4.41. The molecule has 0 radical (unpaired) electrons. The summed E-state index contributed by atoms with van der Waals surface area (Å²) in [6, 6.07) is 20.9. The van der Waals surface area contributed by atoms with Crippen LogP contribution in [0.2, 0.25) is 0 Å². The molecule has 4 rings (SSSR count). The highest BCUT2D eigenvalue weighted by Crippen LogP contribution is 2.39. The van der Waals surface area contributed by atoms with Crippen LogP contribution < -0.4 is 9.64 Å². The first-order valence-corrected chi connectivity index (χ1v) is 11.2. The van der Waals surface area contributed by atoms with E-state index in [9.17, 15) is 9.90 Å². The zero-order chi connectivity index (χ0) is 22.7. The van der Waals surface area contributed by atoms with Crippen LogP contribution >= 0.6 is 11.8 Å². The number of aromatic hydroxyl groups is 1. The van der Waals surface area contributed by atoms with E-state index in [-0.39, 0.29) is 11.7 Å². The van der Waals surface area contributed by atoms with Crippen molar-refractivity contribution in [3.05, 3.63) is 88.3 Å². The Morgan fingerprint density at radius 1 is 1.03 bits per heavy atom. The molecule has 1 saturated heterocycles. The van der Waals surface area contributed by atoms with Gasteiger partial charge in [-0.1, -0.05) is 36.4 Å². The van der Waals surface area contributed by atoms with Crippen molar-refractivity contribution in [2.45, 2.75) is 20.8 Å². The minimum absolute atomic E-state index is 0.0152. The molecule has 0 saturated carbocycles.